The van der Waals surface area contributed by atoms with Gasteiger partial charge in [0.15, 0.2) is 0 Å². The number of aliphatic hydroxyl groups is 1. The third-order valence-corrected chi connectivity index (χ3v) is 5.39. The number of benzene rings is 1. The Morgan fingerprint density at radius 2 is 1.90 bits per heavy atom. The molecule has 1 aromatic carbocycles. The number of nitrogens with zero attached hydrogens (tertiary/aromatic N) is 1. The molecule has 0 amide bonds. The Kier molecular flexibility index (Phi) is 4.18. The molecule has 1 aliphatic rings. The molecule has 1 fully saturated rings. The van der Waals surface area contributed by atoms with Crippen LogP contribution in [0.15, 0.2) is 41.9 Å². The summed E-state index contributed by atoms with van der Waals surface area (Å²) < 4.78 is 0. The van der Waals surface area contributed by atoms with Crippen LogP contribution < -0.4 is 0 Å². The second-order valence-corrected chi connectivity index (χ2v) is 6.71. The number of hydrogen-bond acceptors (Lipinski definition) is 3. The van der Waals surface area contributed by atoms with Crippen LogP contribution in [0.25, 0.3) is 0 Å². The van der Waals surface area contributed by atoms with Crippen molar-refractivity contribution < 1.29 is 5.11 Å². The molecule has 0 aliphatic heterocycles. The smallest absolute Gasteiger partial charge is 0.0950 e. The van der Waals surface area contributed by atoms with E-state index < -0.39 is 0 Å². The molecule has 20 heavy (non-hydrogen) atoms. The Morgan fingerprint density at radius 1 is 1.15 bits per heavy atom. The lowest BCUT2D eigenvalue weighted by molar-refractivity contribution is 0.0539. The Hall–Kier alpha value is -1.19. The van der Waals surface area contributed by atoms with E-state index in [-0.39, 0.29) is 11.5 Å². The highest BCUT2D eigenvalue weighted by atomic mass is 32.1. The minimum absolute atomic E-state index is 0.0782. The molecule has 106 valence electrons. The SMILES string of the molecule is OC(Cc1nccs1)C1(c2ccccc2)CCCCC1. The normalized spacial score (nSPS) is 19.6. The lowest BCUT2D eigenvalue weighted by atomic mass is 9.65. The van der Waals surface area contributed by atoms with E-state index in [1.165, 1.54) is 24.8 Å². The number of rotatable bonds is 4. The third-order valence-electron chi connectivity index (χ3n) is 4.58. The van der Waals surface area contributed by atoms with E-state index in [4.69, 9.17) is 0 Å². The van der Waals surface area contributed by atoms with Gasteiger partial charge >= 0.3 is 0 Å². The maximum atomic E-state index is 10.9. The lowest BCUT2D eigenvalue weighted by Crippen LogP contribution is -2.42. The summed E-state index contributed by atoms with van der Waals surface area (Å²) in [5, 5.41) is 13.9. The van der Waals surface area contributed by atoms with E-state index in [0.29, 0.717) is 6.42 Å². The molecule has 1 aliphatic carbocycles. The van der Waals surface area contributed by atoms with Crippen LogP contribution >= 0.6 is 11.3 Å². The molecular weight excluding hydrogens is 266 g/mol. The molecule has 2 nitrogen and oxygen atoms in total. The van der Waals surface area contributed by atoms with Gasteiger partial charge in [0.2, 0.25) is 0 Å². The largest absolute Gasteiger partial charge is 0.392 e. The van der Waals surface area contributed by atoms with Crippen molar-refractivity contribution in [3.63, 3.8) is 0 Å². The maximum absolute atomic E-state index is 10.9. The molecular formula is C17H21NOS. The van der Waals surface area contributed by atoms with E-state index in [1.807, 2.05) is 17.6 Å². The molecule has 0 saturated heterocycles. The van der Waals surface area contributed by atoms with Crippen molar-refractivity contribution in [3.8, 4) is 0 Å². The molecule has 1 saturated carbocycles. The monoisotopic (exact) mass is 287 g/mol. The molecule has 0 spiro atoms. The van der Waals surface area contributed by atoms with E-state index >= 15 is 0 Å². The predicted octanol–water partition coefficient (Wildman–Crippen LogP) is 3.95. The summed E-state index contributed by atoms with van der Waals surface area (Å²) in [5.41, 5.74) is 1.22. The first kappa shape index (κ1) is 13.8. The summed E-state index contributed by atoms with van der Waals surface area (Å²) >= 11 is 1.64. The summed E-state index contributed by atoms with van der Waals surface area (Å²) in [7, 11) is 0. The standard InChI is InChI=1S/C17H21NOS/c19-15(13-16-18-11-12-20-16)17(9-5-2-6-10-17)14-7-3-1-4-8-14/h1,3-4,7-8,11-12,15,19H,2,5-6,9-10,13H2. The van der Waals surface area contributed by atoms with Crippen LogP contribution in [0.3, 0.4) is 0 Å². The molecule has 3 rings (SSSR count). The van der Waals surface area contributed by atoms with Gasteiger partial charge in [-0.25, -0.2) is 4.98 Å². The quantitative estimate of drug-likeness (QED) is 0.923. The molecule has 1 heterocycles. The van der Waals surface area contributed by atoms with Crippen LogP contribution in [-0.2, 0) is 11.8 Å². The molecule has 1 atom stereocenters. The maximum Gasteiger partial charge on any atom is 0.0950 e. The van der Waals surface area contributed by atoms with Crippen LogP contribution in [0.2, 0.25) is 0 Å². The van der Waals surface area contributed by atoms with Crippen LogP contribution in [0.5, 0.6) is 0 Å². The Balaban J connectivity index is 1.89. The summed E-state index contributed by atoms with van der Waals surface area (Å²) in [5.74, 6) is 0. The van der Waals surface area contributed by atoms with E-state index in [9.17, 15) is 5.11 Å². The summed E-state index contributed by atoms with van der Waals surface area (Å²) in [6.07, 6.45) is 8.05. The van der Waals surface area contributed by atoms with Gasteiger partial charge in [0, 0.05) is 23.4 Å². The Bertz CT molecular complexity index is 517. The number of hydrogen-bond donors (Lipinski definition) is 1. The van der Waals surface area contributed by atoms with Crippen LogP contribution in [0.4, 0.5) is 0 Å². The predicted molar refractivity (Wildman–Crippen MR) is 83.0 cm³/mol. The van der Waals surface area contributed by atoms with Crippen molar-refractivity contribution in [1.82, 2.24) is 4.98 Å². The van der Waals surface area contributed by atoms with Gasteiger partial charge in [-0.05, 0) is 18.4 Å². The minimum Gasteiger partial charge on any atom is -0.392 e. The topological polar surface area (TPSA) is 33.1 Å². The van der Waals surface area contributed by atoms with Gasteiger partial charge in [0.25, 0.3) is 0 Å². The van der Waals surface area contributed by atoms with Crippen LogP contribution in [-0.4, -0.2) is 16.2 Å². The Labute approximate surface area is 124 Å². The molecule has 1 unspecified atom stereocenters. The Morgan fingerprint density at radius 3 is 2.55 bits per heavy atom. The van der Waals surface area contributed by atoms with Gasteiger partial charge in [-0.1, -0.05) is 49.6 Å². The van der Waals surface area contributed by atoms with Crippen molar-refractivity contribution in [2.24, 2.45) is 0 Å². The van der Waals surface area contributed by atoms with Gasteiger partial charge in [0.05, 0.1) is 11.1 Å². The van der Waals surface area contributed by atoms with Crippen molar-refractivity contribution >= 4 is 11.3 Å². The van der Waals surface area contributed by atoms with Gasteiger partial charge < -0.3 is 5.11 Å². The molecule has 1 N–H and O–H groups in total. The first-order valence-electron chi connectivity index (χ1n) is 7.43. The van der Waals surface area contributed by atoms with Gasteiger partial charge in [-0.3, -0.25) is 0 Å². The molecule has 0 bridgehead atoms. The highest BCUT2D eigenvalue weighted by Gasteiger charge is 2.40. The summed E-state index contributed by atoms with van der Waals surface area (Å²) in [6.45, 7) is 0. The number of aromatic nitrogens is 1. The van der Waals surface area contributed by atoms with E-state index in [0.717, 1.165) is 17.8 Å². The van der Waals surface area contributed by atoms with Crippen LogP contribution in [0, 0.1) is 0 Å². The molecule has 0 radical (unpaired) electrons. The molecule has 1 aromatic heterocycles. The lowest BCUT2D eigenvalue weighted by Gasteiger charge is -2.41. The molecule has 3 heteroatoms. The van der Waals surface area contributed by atoms with Crippen molar-refractivity contribution in [3.05, 3.63) is 52.5 Å². The van der Waals surface area contributed by atoms with Crippen LogP contribution in [0.1, 0.15) is 42.7 Å². The number of aliphatic hydroxyl groups excluding tert-OH is 1. The van der Waals surface area contributed by atoms with Crippen molar-refractivity contribution in [2.75, 3.05) is 0 Å². The first-order chi connectivity index (χ1) is 9.81. The fourth-order valence-electron chi connectivity index (χ4n) is 3.48. The van der Waals surface area contributed by atoms with Gasteiger partial charge in [-0.2, -0.15) is 0 Å². The zero-order valence-corrected chi connectivity index (χ0v) is 12.5. The summed E-state index contributed by atoms with van der Waals surface area (Å²) in [4.78, 5) is 4.33. The highest BCUT2D eigenvalue weighted by Crippen LogP contribution is 2.43. The highest BCUT2D eigenvalue weighted by molar-refractivity contribution is 7.09. The third kappa shape index (κ3) is 2.65. The van der Waals surface area contributed by atoms with Crippen molar-refractivity contribution in [2.45, 2.75) is 50.0 Å². The van der Waals surface area contributed by atoms with Crippen molar-refractivity contribution in [1.29, 1.82) is 0 Å². The van der Waals surface area contributed by atoms with Gasteiger partial charge in [0.1, 0.15) is 0 Å². The fraction of sp³-hybridized carbons (Fsp3) is 0.471. The fourth-order valence-corrected chi connectivity index (χ4v) is 4.14. The average molecular weight is 287 g/mol. The number of thiazole rings is 1. The second kappa shape index (κ2) is 6.06. The first-order valence-corrected chi connectivity index (χ1v) is 8.31. The average Bonchev–Trinajstić information content (AvgIpc) is 3.02. The zero-order valence-electron chi connectivity index (χ0n) is 11.7. The zero-order chi connectivity index (χ0) is 13.8. The van der Waals surface area contributed by atoms with Gasteiger partial charge in [-0.15, -0.1) is 11.3 Å². The summed E-state index contributed by atoms with van der Waals surface area (Å²) in [6, 6.07) is 10.6. The molecule has 2 aromatic rings. The minimum atomic E-state index is -0.337. The van der Waals surface area contributed by atoms with E-state index in [1.54, 1.807) is 11.3 Å². The second-order valence-electron chi connectivity index (χ2n) is 5.73. The van der Waals surface area contributed by atoms with E-state index in [2.05, 4.69) is 29.2 Å².